The monoisotopic (exact) mass is 263 g/mol. The number of hydrogen-bond acceptors (Lipinski definition) is 2. The van der Waals surface area contributed by atoms with E-state index in [1.54, 1.807) is 13.1 Å². The highest BCUT2D eigenvalue weighted by Gasteiger charge is 2.15. The van der Waals surface area contributed by atoms with Gasteiger partial charge in [0.05, 0.1) is 5.56 Å². The van der Waals surface area contributed by atoms with Crippen LogP contribution >= 0.6 is 0 Å². The van der Waals surface area contributed by atoms with E-state index < -0.39 is 5.82 Å². The van der Waals surface area contributed by atoms with Gasteiger partial charge in [-0.05, 0) is 24.6 Å². The van der Waals surface area contributed by atoms with Crippen molar-refractivity contribution in [3.63, 3.8) is 0 Å². The van der Waals surface area contributed by atoms with E-state index >= 15 is 0 Å². The Hall–Kier alpha value is -1.86. The molecule has 4 heteroatoms. The maximum absolute atomic E-state index is 13.8. The van der Waals surface area contributed by atoms with E-state index in [0.29, 0.717) is 12.1 Å². The van der Waals surface area contributed by atoms with Crippen molar-refractivity contribution in [1.29, 1.82) is 0 Å². The Balaban J connectivity index is 2.87. The quantitative estimate of drug-likeness (QED) is 0.845. The first-order valence-electron chi connectivity index (χ1n) is 6.25. The van der Waals surface area contributed by atoms with Crippen LogP contribution < -0.4 is 0 Å². The molecule has 0 fully saturated rings. The summed E-state index contributed by atoms with van der Waals surface area (Å²) in [6.07, 6.45) is 1.87. The summed E-state index contributed by atoms with van der Waals surface area (Å²) in [4.78, 5) is 13.5. The molecule has 0 unspecified atom stereocenters. The molecule has 0 aliphatic heterocycles. The van der Waals surface area contributed by atoms with Crippen LogP contribution in [0.5, 0.6) is 0 Å². The molecule has 1 amide bonds. The van der Waals surface area contributed by atoms with Crippen LogP contribution in [0.1, 0.15) is 35.7 Å². The molecule has 102 valence electrons. The molecule has 0 heterocycles. The fourth-order valence-corrected chi connectivity index (χ4v) is 1.61. The lowest BCUT2D eigenvalue weighted by atomic mass is 10.1. The molecule has 0 aliphatic carbocycles. The van der Waals surface area contributed by atoms with E-state index in [1.807, 2.05) is 6.92 Å². The van der Waals surface area contributed by atoms with Crippen LogP contribution in [0, 0.1) is 17.7 Å². The number of rotatable bonds is 4. The van der Waals surface area contributed by atoms with Crippen molar-refractivity contribution in [3.05, 3.63) is 35.1 Å². The fraction of sp³-hybridized carbons (Fsp3) is 0.400. The summed E-state index contributed by atoms with van der Waals surface area (Å²) < 4.78 is 13.8. The van der Waals surface area contributed by atoms with Gasteiger partial charge in [0, 0.05) is 19.2 Å². The average Bonchev–Trinajstić information content (AvgIpc) is 2.41. The fourth-order valence-electron chi connectivity index (χ4n) is 1.61. The Morgan fingerprint density at radius 2 is 2.21 bits per heavy atom. The van der Waals surface area contributed by atoms with Gasteiger partial charge < -0.3 is 10.0 Å². The van der Waals surface area contributed by atoms with Crippen LogP contribution in [0.3, 0.4) is 0 Å². The van der Waals surface area contributed by atoms with Crippen LogP contribution in [-0.2, 0) is 0 Å². The van der Waals surface area contributed by atoms with E-state index in [2.05, 4.69) is 11.8 Å². The number of halogens is 1. The Morgan fingerprint density at radius 3 is 2.79 bits per heavy atom. The SMILES string of the molecule is CCCCN(C)C(=O)c1ccc(C#CCO)cc1F. The van der Waals surface area contributed by atoms with Gasteiger partial charge in [0.1, 0.15) is 12.4 Å². The second kappa shape index (κ2) is 7.55. The maximum Gasteiger partial charge on any atom is 0.256 e. The number of carbonyl (C=O) groups is 1. The minimum Gasteiger partial charge on any atom is -0.384 e. The predicted molar refractivity (Wildman–Crippen MR) is 72.2 cm³/mol. The van der Waals surface area contributed by atoms with Crippen molar-refractivity contribution < 1.29 is 14.3 Å². The summed E-state index contributed by atoms with van der Waals surface area (Å²) in [6, 6.07) is 4.22. The molecule has 0 aromatic heterocycles. The molecule has 0 saturated heterocycles. The zero-order valence-electron chi connectivity index (χ0n) is 11.2. The smallest absolute Gasteiger partial charge is 0.256 e. The molecule has 0 atom stereocenters. The molecule has 1 rings (SSSR count). The number of benzene rings is 1. The number of carbonyl (C=O) groups excluding carboxylic acids is 1. The van der Waals surface area contributed by atoms with Crippen molar-refractivity contribution in [1.82, 2.24) is 4.90 Å². The molecule has 1 aromatic carbocycles. The zero-order chi connectivity index (χ0) is 14.3. The molecular formula is C15H18FNO2. The van der Waals surface area contributed by atoms with Crippen molar-refractivity contribution in [2.24, 2.45) is 0 Å². The summed E-state index contributed by atoms with van der Waals surface area (Å²) in [6.45, 7) is 2.37. The van der Waals surface area contributed by atoms with Crippen molar-refractivity contribution >= 4 is 5.91 Å². The van der Waals surface area contributed by atoms with Crippen molar-refractivity contribution in [3.8, 4) is 11.8 Å². The standard InChI is InChI=1S/C15H18FNO2/c1-3-4-9-17(2)15(19)13-8-7-12(6-5-10-18)11-14(13)16/h7-8,11,18H,3-4,9-10H2,1-2H3. The third-order valence-corrected chi connectivity index (χ3v) is 2.71. The third kappa shape index (κ3) is 4.38. The summed E-state index contributed by atoms with van der Waals surface area (Å²) in [7, 11) is 1.66. The average molecular weight is 263 g/mol. The normalized spacial score (nSPS) is 9.68. The second-order valence-electron chi connectivity index (χ2n) is 4.23. The van der Waals surface area contributed by atoms with Crippen LogP contribution in [0.25, 0.3) is 0 Å². The first-order chi connectivity index (χ1) is 9.10. The minimum absolute atomic E-state index is 0.0492. The number of nitrogens with zero attached hydrogens (tertiary/aromatic N) is 1. The summed E-state index contributed by atoms with van der Waals surface area (Å²) >= 11 is 0. The number of aliphatic hydroxyl groups excluding tert-OH is 1. The van der Waals surface area contributed by atoms with Gasteiger partial charge in [-0.1, -0.05) is 25.2 Å². The van der Waals surface area contributed by atoms with Crippen LogP contribution in [0.4, 0.5) is 4.39 Å². The number of hydrogen-bond donors (Lipinski definition) is 1. The van der Waals surface area contributed by atoms with Gasteiger partial charge in [0.25, 0.3) is 5.91 Å². The third-order valence-electron chi connectivity index (χ3n) is 2.71. The Labute approximate surface area is 113 Å². The molecular weight excluding hydrogens is 245 g/mol. The van der Waals surface area contributed by atoms with Crippen LogP contribution in [0.15, 0.2) is 18.2 Å². The molecule has 1 aromatic rings. The lowest BCUT2D eigenvalue weighted by molar-refractivity contribution is 0.0788. The number of unbranched alkanes of at least 4 members (excludes halogenated alkanes) is 1. The molecule has 0 radical (unpaired) electrons. The van der Waals surface area contributed by atoms with E-state index in [1.165, 1.54) is 17.0 Å². The molecule has 3 nitrogen and oxygen atoms in total. The summed E-state index contributed by atoms with van der Waals surface area (Å²) in [5.41, 5.74) is 0.493. The molecule has 0 bridgehead atoms. The lowest BCUT2D eigenvalue weighted by Crippen LogP contribution is -2.28. The topological polar surface area (TPSA) is 40.5 Å². The molecule has 0 spiro atoms. The van der Waals surface area contributed by atoms with E-state index in [0.717, 1.165) is 12.8 Å². The maximum atomic E-state index is 13.8. The van der Waals surface area contributed by atoms with Gasteiger partial charge in [-0.3, -0.25) is 4.79 Å². The number of aliphatic hydroxyl groups is 1. The molecule has 0 aliphatic rings. The highest BCUT2D eigenvalue weighted by molar-refractivity contribution is 5.94. The number of amides is 1. The van der Waals surface area contributed by atoms with Gasteiger partial charge in [-0.15, -0.1) is 0 Å². The Morgan fingerprint density at radius 1 is 1.47 bits per heavy atom. The van der Waals surface area contributed by atoms with E-state index in [-0.39, 0.29) is 18.1 Å². The molecule has 1 N–H and O–H groups in total. The largest absolute Gasteiger partial charge is 0.384 e. The molecule has 0 saturated carbocycles. The van der Waals surface area contributed by atoms with E-state index in [4.69, 9.17) is 5.11 Å². The Kier molecular flexibility index (Phi) is 6.04. The summed E-state index contributed by atoms with van der Waals surface area (Å²) in [5, 5.41) is 8.57. The summed E-state index contributed by atoms with van der Waals surface area (Å²) in [5.74, 6) is 4.12. The highest BCUT2D eigenvalue weighted by atomic mass is 19.1. The first-order valence-corrected chi connectivity index (χ1v) is 6.25. The van der Waals surface area contributed by atoms with E-state index in [9.17, 15) is 9.18 Å². The zero-order valence-corrected chi connectivity index (χ0v) is 11.2. The van der Waals surface area contributed by atoms with Crippen LogP contribution in [0.2, 0.25) is 0 Å². The van der Waals surface area contributed by atoms with Crippen molar-refractivity contribution in [2.75, 3.05) is 20.2 Å². The minimum atomic E-state index is -0.585. The Bertz CT molecular complexity index is 503. The van der Waals surface area contributed by atoms with Gasteiger partial charge in [0.2, 0.25) is 0 Å². The van der Waals surface area contributed by atoms with Gasteiger partial charge in [0.15, 0.2) is 0 Å². The lowest BCUT2D eigenvalue weighted by Gasteiger charge is -2.17. The second-order valence-corrected chi connectivity index (χ2v) is 4.23. The van der Waals surface area contributed by atoms with Crippen molar-refractivity contribution in [2.45, 2.75) is 19.8 Å². The first kappa shape index (κ1) is 15.2. The predicted octanol–water partition coefficient (Wildman–Crippen LogP) is 2.04. The van der Waals surface area contributed by atoms with Crippen LogP contribution in [-0.4, -0.2) is 36.1 Å². The molecule has 19 heavy (non-hydrogen) atoms. The van der Waals surface area contributed by atoms with Gasteiger partial charge in [-0.25, -0.2) is 4.39 Å². The van der Waals surface area contributed by atoms with Gasteiger partial charge in [-0.2, -0.15) is 0 Å². The van der Waals surface area contributed by atoms with Gasteiger partial charge >= 0.3 is 0 Å². The highest BCUT2D eigenvalue weighted by Crippen LogP contribution is 2.12.